The van der Waals surface area contributed by atoms with Crippen LogP contribution >= 0.6 is 0 Å². The smallest absolute Gasteiger partial charge is 0.339 e. The molecule has 4 heteroatoms. The van der Waals surface area contributed by atoms with Crippen molar-refractivity contribution in [2.75, 3.05) is 6.61 Å². The Labute approximate surface area is 100 Å². The Morgan fingerprint density at radius 2 is 2.18 bits per heavy atom. The van der Waals surface area contributed by atoms with Crippen LogP contribution in [0.1, 0.15) is 35.3 Å². The number of nitrogens with zero attached hydrogens (tertiary/aromatic N) is 1. The van der Waals surface area contributed by atoms with Gasteiger partial charge in [0.05, 0.1) is 18.2 Å². The minimum absolute atomic E-state index is 0.214. The van der Waals surface area contributed by atoms with E-state index in [2.05, 4.69) is 0 Å². The molecule has 90 valence electrons. The van der Waals surface area contributed by atoms with Crippen LogP contribution in [-0.4, -0.2) is 17.7 Å². The molecule has 0 fully saturated rings. The summed E-state index contributed by atoms with van der Waals surface area (Å²) in [6, 6.07) is 5.25. The number of hydrogen-bond acceptors (Lipinski definition) is 4. The van der Waals surface area contributed by atoms with Crippen molar-refractivity contribution < 1.29 is 14.6 Å². The normalized spacial score (nSPS) is 11.7. The summed E-state index contributed by atoms with van der Waals surface area (Å²) in [4.78, 5) is 11.4. The van der Waals surface area contributed by atoms with E-state index in [1.807, 2.05) is 19.9 Å². The van der Waals surface area contributed by atoms with Gasteiger partial charge in [-0.05, 0) is 43.5 Å². The molecule has 0 aliphatic rings. The Morgan fingerprint density at radius 1 is 1.53 bits per heavy atom. The summed E-state index contributed by atoms with van der Waals surface area (Å²) in [5.41, 5.74) is 2.57. The zero-order chi connectivity index (χ0) is 13.0. The summed E-state index contributed by atoms with van der Waals surface area (Å²) < 4.78 is 4.73. The van der Waals surface area contributed by atoms with Gasteiger partial charge in [-0.25, -0.2) is 4.79 Å². The number of nitriles is 1. The van der Waals surface area contributed by atoms with Crippen LogP contribution in [0.5, 0.6) is 0 Å². The summed E-state index contributed by atoms with van der Waals surface area (Å²) in [6.07, 6.45) is -1.33. The SMILES string of the molecule is CCOC(=O)C(O)c1cc(C)c(C)c(C#N)c1. The van der Waals surface area contributed by atoms with Gasteiger partial charge in [0, 0.05) is 0 Å². The average Bonchev–Trinajstić information content (AvgIpc) is 2.31. The van der Waals surface area contributed by atoms with Crippen LogP contribution in [0.25, 0.3) is 0 Å². The Bertz CT molecular complexity index is 474. The standard InChI is InChI=1S/C13H15NO3/c1-4-17-13(16)12(15)10-5-8(2)9(3)11(6-10)7-14/h5-6,12,15H,4H2,1-3H3. The van der Waals surface area contributed by atoms with E-state index in [4.69, 9.17) is 10.00 Å². The highest BCUT2D eigenvalue weighted by Gasteiger charge is 2.20. The van der Waals surface area contributed by atoms with Crippen LogP contribution in [0.15, 0.2) is 12.1 Å². The first-order chi connectivity index (χ1) is 8.01. The second-order valence-corrected chi connectivity index (χ2v) is 3.78. The van der Waals surface area contributed by atoms with Crippen LogP contribution in [-0.2, 0) is 9.53 Å². The Balaban J connectivity index is 3.12. The molecular weight excluding hydrogens is 218 g/mol. The number of rotatable bonds is 3. The second-order valence-electron chi connectivity index (χ2n) is 3.78. The zero-order valence-corrected chi connectivity index (χ0v) is 10.2. The van der Waals surface area contributed by atoms with Crippen LogP contribution in [0, 0.1) is 25.2 Å². The number of aryl methyl sites for hydroxylation is 1. The van der Waals surface area contributed by atoms with E-state index < -0.39 is 12.1 Å². The lowest BCUT2D eigenvalue weighted by Crippen LogP contribution is -2.15. The number of benzene rings is 1. The molecule has 1 N–H and O–H groups in total. The molecular formula is C13H15NO3. The molecule has 0 saturated carbocycles. The minimum atomic E-state index is -1.33. The van der Waals surface area contributed by atoms with Crippen molar-refractivity contribution in [1.29, 1.82) is 5.26 Å². The van der Waals surface area contributed by atoms with Crippen molar-refractivity contribution in [1.82, 2.24) is 0 Å². The lowest BCUT2D eigenvalue weighted by atomic mass is 9.97. The first-order valence-electron chi connectivity index (χ1n) is 5.37. The van der Waals surface area contributed by atoms with Crippen molar-refractivity contribution in [3.05, 3.63) is 34.4 Å². The average molecular weight is 233 g/mol. The van der Waals surface area contributed by atoms with E-state index in [0.29, 0.717) is 11.1 Å². The highest BCUT2D eigenvalue weighted by molar-refractivity contribution is 5.76. The van der Waals surface area contributed by atoms with Crippen molar-refractivity contribution in [3.63, 3.8) is 0 Å². The number of hydrogen-bond donors (Lipinski definition) is 1. The lowest BCUT2D eigenvalue weighted by Gasteiger charge is -2.12. The maximum atomic E-state index is 11.4. The Morgan fingerprint density at radius 3 is 2.71 bits per heavy atom. The zero-order valence-electron chi connectivity index (χ0n) is 10.2. The van der Waals surface area contributed by atoms with Gasteiger partial charge in [-0.15, -0.1) is 0 Å². The number of esters is 1. The molecule has 1 aromatic carbocycles. The molecule has 0 bridgehead atoms. The first-order valence-corrected chi connectivity index (χ1v) is 5.37. The summed E-state index contributed by atoms with van der Waals surface area (Å²) in [6.45, 7) is 5.55. The largest absolute Gasteiger partial charge is 0.464 e. The fourth-order valence-corrected chi connectivity index (χ4v) is 1.52. The molecule has 1 atom stereocenters. The van der Waals surface area contributed by atoms with E-state index in [-0.39, 0.29) is 6.61 Å². The number of ether oxygens (including phenoxy) is 1. The Hall–Kier alpha value is -1.86. The number of carbonyl (C=O) groups excluding carboxylic acids is 1. The Kier molecular flexibility index (Phi) is 4.24. The molecule has 1 aromatic rings. The minimum Gasteiger partial charge on any atom is -0.464 e. The molecule has 0 spiro atoms. The molecule has 0 aliphatic carbocycles. The topological polar surface area (TPSA) is 70.3 Å². The molecule has 0 aliphatic heterocycles. The third-order valence-electron chi connectivity index (χ3n) is 2.64. The van der Waals surface area contributed by atoms with Crippen LogP contribution in [0.3, 0.4) is 0 Å². The van der Waals surface area contributed by atoms with Gasteiger partial charge < -0.3 is 9.84 Å². The van der Waals surface area contributed by atoms with E-state index in [1.165, 1.54) is 6.07 Å². The molecule has 0 radical (unpaired) electrons. The molecule has 0 amide bonds. The molecule has 4 nitrogen and oxygen atoms in total. The summed E-state index contributed by atoms with van der Waals surface area (Å²) in [5.74, 6) is -0.695. The summed E-state index contributed by atoms with van der Waals surface area (Å²) >= 11 is 0. The van der Waals surface area contributed by atoms with Crippen LogP contribution < -0.4 is 0 Å². The highest BCUT2D eigenvalue weighted by atomic mass is 16.5. The molecule has 0 aromatic heterocycles. The molecule has 1 unspecified atom stereocenters. The number of carbonyl (C=O) groups is 1. The van der Waals surface area contributed by atoms with Crippen molar-refractivity contribution in [3.8, 4) is 6.07 Å². The second kappa shape index (κ2) is 5.46. The molecule has 0 heterocycles. The van der Waals surface area contributed by atoms with Gasteiger partial charge in [0.2, 0.25) is 0 Å². The molecule has 17 heavy (non-hydrogen) atoms. The summed E-state index contributed by atoms with van der Waals surface area (Å²) in [7, 11) is 0. The van der Waals surface area contributed by atoms with Gasteiger partial charge in [-0.2, -0.15) is 5.26 Å². The number of aliphatic hydroxyl groups excluding tert-OH is 1. The lowest BCUT2D eigenvalue weighted by molar-refractivity contribution is -0.153. The quantitative estimate of drug-likeness (QED) is 0.808. The van der Waals surface area contributed by atoms with E-state index >= 15 is 0 Å². The monoisotopic (exact) mass is 233 g/mol. The van der Waals surface area contributed by atoms with E-state index in [0.717, 1.165) is 11.1 Å². The van der Waals surface area contributed by atoms with Gasteiger partial charge in [0.1, 0.15) is 0 Å². The van der Waals surface area contributed by atoms with E-state index in [9.17, 15) is 9.90 Å². The molecule has 0 saturated heterocycles. The van der Waals surface area contributed by atoms with Crippen molar-refractivity contribution in [2.45, 2.75) is 26.9 Å². The van der Waals surface area contributed by atoms with Gasteiger partial charge in [-0.1, -0.05) is 6.07 Å². The fraction of sp³-hybridized carbons (Fsp3) is 0.385. The predicted molar refractivity (Wildman–Crippen MR) is 62.2 cm³/mol. The van der Waals surface area contributed by atoms with Gasteiger partial charge in [0.25, 0.3) is 0 Å². The first kappa shape index (κ1) is 13.2. The van der Waals surface area contributed by atoms with Crippen molar-refractivity contribution >= 4 is 5.97 Å². The third-order valence-corrected chi connectivity index (χ3v) is 2.64. The van der Waals surface area contributed by atoms with Gasteiger partial charge in [-0.3, -0.25) is 0 Å². The maximum absolute atomic E-state index is 11.4. The number of aliphatic hydroxyl groups is 1. The van der Waals surface area contributed by atoms with Crippen molar-refractivity contribution in [2.24, 2.45) is 0 Å². The maximum Gasteiger partial charge on any atom is 0.339 e. The fourth-order valence-electron chi connectivity index (χ4n) is 1.52. The third kappa shape index (κ3) is 2.83. The predicted octanol–water partition coefficient (Wildman–Crippen LogP) is 1.77. The van der Waals surface area contributed by atoms with Crippen LogP contribution in [0.4, 0.5) is 0 Å². The van der Waals surface area contributed by atoms with Crippen LogP contribution in [0.2, 0.25) is 0 Å². The van der Waals surface area contributed by atoms with Gasteiger partial charge in [0.15, 0.2) is 6.10 Å². The highest BCUT2D eigenvalue weighted by Crippen LogP contribution is 2.21. The van der Waals surface area contributed by atoms with E-state index in [1.54, 1.807) is 13.0 Å². The summed E-state index contributed by atoms with van der Waals surface area (Å²) in [5, 5.41) is 18.7. The van der Waals surface area contributed by atoms with Gasteiger partial charge >= 0.3 is 5.97 Å². The molecule has 1 rings (SSSR count).